The van der Waals surface area contributed by atoms with Crippen molar-refractivity contribution in [2.45, 2.75) is 39.3 Å². The largest absolute Gasteiger partial charge is 0.493 e. The molecule has 0 radical (unpaired) electrons. The summed E-state index contributed by atoms with van der Waals surface area (Å²) in [6, 6.07) is 14.4. The molecule has 4 aromatic rings. The number of nitrogens with one attached hydrogen (secondary N) is 1. The molecule has 0 aliphatic rings. The summed E-state index contributed by atoms with van der Waals surface area (Å²) in [5.41, 5.74) is 1.85. The molecule has 4 rings (SSSR count). The third kappa shape index (κ3) is 5.71. The molecule has 0 atom stereocenters. The number of imidazole rings is 1. The van der Waals surface area contributed by atoms with E-state index in [0.717, 1.165) is 5.56 Å². The Labute approximate surface area is 199 Å². The van der Waals surface area contributed by atoms with Gasteiger partial charge in [-0.15, -0.1) is 0 Å². The number of H-pyrrole nitrogens is 1. The number of rotatable bonds is 10. The highest BCUT2D eigenvalue weighted by atomic mass is 19.3. The van der Waals surface area contributed by atoms with Crippen molar-refractivity contribution in [3.63, 3.8) is 0 Å². The van der Waals surface area contributed by atoms with E-state index in [-0.39, 0.29) is 35.8 Å². The van der Waals surface area contributed by atoms with E-state index in [2.05, 4.69) is 19.7 Å². The molecule has 0 saturated heterocycles. The number of ketones is 1. The van der Waals surface area contributed by atoms with Crippen LogP contribution in [-0.2, 0) is 30.6 Å². The number of benzene rings is 2. The molecule has 8 nitrogen and oxygen atoms in total. The number of hydrogen-bond acceptors (Lipinski definition) is 6. The second-order valence-corrected chi connectivity index (χ2v) is 8.03. The molecule has 35 heavy (non-hydrogen) atoms. The molecule has 10 heteroatoms. The number of aromatic nitrogens is 4. The van der Waals surface area contributed by atoms with E-state index in [0.29, 0.717) is 35.7 Å². The summed E-state index contributed by atoms with van der Waals surface area (Å²) in [4.78, 5) is 36.6. The highest BCUT2D eigenvalue weighted by Crippen LogP contribution is 2.30. The molecule has 0 fully saturated rings. The van der Waals surface area contributed by atoms with E-state index in [4.69, 9.17) is 4.74 Å². The van der Waals surface area contributed by atoms with Crippen LogP contribution in [0, 0.1) is 0 Å². The van der Waals surface area contributed by atoms with Crippen molar-refractivity contribution in [2.24, 2.45) is 0 Å². The maximum absolute atomic E-state index is 12.8. The van der Waals surface area contributed by atoms with Crippen molar-refractivity contribution >= 4 is 16.9 Å². The molecule has 0 amide bonds. The van der Waals surface area contributed by atoms with Gasteiger partial charge in [0, 0.05) is 12.8 Å². The van der Waals surface area contributed by atoms with Crippen molar-refractivity contribution < 1.29 is 23.0 Å². The van der Waals surface area contributed by atoms with Crippen molar-refractivity contribution in [3.05, 3.63) is 81.7 Å². The van der Waals surface area contributed by atoms with Crippen LogP contribution in [0.4, 0.5) is 8.78 Å². The van der Waals surface area contributed by atoms with E-state index >= 15 is 0 Å². The average molecular weight is 482 g/mol. The molecule has 0 aliphatic heterocycles. The number of alkyl halides is 2. The molecule has 2 heterocycles. The van der Waals surface area contributed by atoms with Crippen LogP contribution in [0.15, 0.2) is 53.3 Å². The fourth-order valence-electron chi connectivity index (χ4n) is 3.87. The number of carbonyl (C=O) groups is 1. The van der Waals surface area contributed by atoms with E-state index in [1.54, 1.807) is 16.7 Å². The lowest BCUT2D eigenvalue weighted by Crippen LogP contribution is -2.15. The fourth-order valence-corrected chi connectivity index (χ4v) is 3.87. The lowest BCUT2D eigenvalue weighted by molar-refractivity contribution is -0.117. The molecule has 0 saturated carbocycles. The van der Waals surface area contributed by atoms with E-state index in [9.17, 15) is 18.4 Å². The van der Waals surface area contributed by atoms with Gasteiger partial charge in [-0.2, -0.15) is 8.78 Å². The molecule has 0 unspecified atom stereocenters. The summed E-state index contributed by atoms with van der Waals surface area (Å²) in [5.74, 6) is 0.894. The normalized spacial score (nSPS) is 11.2. The average Bonchev–Trinajstić information content (AvgIpc) is 3.16. The number of nitrogens with zero attached hydrogens (tertiary/aromatic N) is 3. The Morgan fingerprint density at radius 1 is 1.06 bits per heavy atom. The third-order valence-electron chi connectivity index (χ3n) is 5.41. The molecule has 182 valence electrons. The maximum Gasteiger partial charge on any atom is 0.387 e. The van der Waals surface area contributed by atoms with Crippen LogP contribution in [0.5, 0.6) is 11.5 Å². The zero-order valence-electron chi connectivity index (χ0n) is 19.3. The predicted octanol–water partition coefficient (Wildman–Crippen LogP) is 3.69. The van der Waals surface area contributed by atoms with Crippen molar-refractivity contribution in [1.82, 2.24) is 19.5 Å². The number of carbonyl (C=O) groups excluding carboxylic acids is 1. The Bertz CT molecular complexity index is 1400. The molecule has 2 aromatic heterocycles. The number of halogens is 2. The SMILES string of the molecule is COc1cc(Cc2nc3c(nc(CCc4ccccc4)n3CC(C)=O)c(=O)[nH]2)ccc1OC(F)F. The van der Waals surface area contributed by atoms with Gasteiger partial charge < -0.3 is 19.0 Å². The first kappa shape index (κ1) is 24.1. The van der Waals surface area contributed by atoms with E-state index < -0.39 is 12.2 Å². The van der Waals surface area contributed by atoms with Crippen molar-refractivity contribution in [2.75, 3.05) is 7.11 Å². The fraction of sp³-hybridized carbons (Fsp3) is 0.280. The third-order valence-corrected chi connectivity index (χ3v) is 5.41. The van der Waals surface area contributed by atoms with Crippen LogP contribution >= 0.6 is 0 Å². The van der Waals surface area contributed by atoms with Crippen LogP contribution in [0.25, 0.3) is 11.2 Å². The highest BCUT2D eigenvalue weighted by molar-refractivity contribution is 5.78. The summed E-state index contributed by atoms with van der Waals surface area (Å²) in [7, 11) is 1.35. The summed E-state index contributed by atoms with van der Waals surface area (Å²) >= 11 is 0. The number of aryl methyl sites for hydroxylation is 2. The topological polar surface area (TPSA) is 99.1 Å². The van der Waals surface area contributed by atoms with Crippen LogP contribution in [0.1, 0.15) is 29.7 Å². The number of fused-ring (bicyclic) bond motifs is 1. The number of hydrogen-bond donors (Lipinski definition) is 1. The Morgan fingerprint density at radius 3 is 2.51 bits per heavy atom. The molecule has 0 bridgehead atoms. The highest BCUT2D eigenvalue weighted by Gasteiger charge is 2.18. The number of ether oxygens (including phenoxy) is 2. The van der Waals surface area contributed by atoms with Gasteiger partial charge in [-0.05, 0) is 36.6 Å². The van der Waals surface area contributed by atoms with Crippen LogP contribution in [0.3, 0.4) is 0 Å². The standard InChI is InChI=1S/C25H24F2N4O4/c1-15(32)14-31-21(11-9-16-6-4-3-5-7-16)30-22-23(31)28-20(29-24(22)33)13-17-8-10-18(35-25(26)27)19(12-17)34-2/h3-8,10,12,25H,9,11,13-14H2,1-2H3,(H,28,29,33). The Hall–Kier alpha value is -4.08. The van der Waals surface area contributed by atoms with Gasteiger partial charge in [0.25, 0.3) is 5.56 Å². The summed E-state index contributed by atoms with van der Waals surface area (Å²) < 4.78 is 36.5. The summed E-state index contributed by atoms with van der Waals surface area (Å²) in [6.07, 6.45) is 1.42. The van der Waals surface area contributed by atoms with Gasteiger partial charge in [-0.1, -0.05) is 36.4 Å². The Morgan fingerprint density at radius 2 is 1.83 bits per heavy atom. The molecular formula is C25H24F2N4O4. The Kier molecular flexibility index (Phi) is 7.19. The quantitative estimate of drug-likeness (QED) is 0.370. The van der Waals surface area contributed by atoms with Crippen molar-refractivity contribution in [1.29, 1.82) is 0 Å². The van der Waals surface area contributed by atoms with Crippen LogP contribution in [0.2, 0.25) is 0 Å². The Balaban J connectivity index is 1.67. The molecular weight excluding hydrogens is 458 g/mol. The van der Waals surface area contributed by atoms with E-state index in [1.165, 1.54) is 20.1 Å². The van der Waals surface area contributed by atoms with Gasteiger partial charge in [0.2, 0.25) is 0 Å². The number of Topliss-reactive ketones (excluding diaryl/α,β-unsaturated/α-hetero) is 1. The van der Waals surface area contributed by atoms with Crippen LogP contribution in [-0.4, -0.2) is 39.0 Å². The molecule has 0 aliphatic carbocycles. The second-order valence-electron chi connectivity index (χ2n) is 8.03. The minimum atomic E-state index is -2.98. The monoisotopic (exact) mass is 482 g/mol. The van der Waals surface area contributed by atoms with E-state index in [1.807, 2.05) is 30.3 Å². The molecule has 0 spiro atoms. The lowest BCUT2D eigenvalue weighted by atomic mass is 10.1. The smallest absolute Gasteiger partial charge is 0.387 e. The van der Waals surface area contributed by atoms with Crippen LogP contribution < -0.4 is 15.0 Å². The van der Waals surface area contributed by atoms with Crippen molar-refractivity contribution in [3.8, 4) is 11.5 Å². The number of methoxy groups -OCH3 is 1. The van der Waals surface area contributed by atoms with Gasteiger partial charge in [0.05, 0.1) is 13.7 Å². The molecule has 1 N–H and O–H groups in total. The summed E-state index contributed by atoms with van der Waals surface area (Å²) in [6.45, 7) is -1.46. The van der Waals surface area contributed by atoms with Gasteiger partial charge in [-0.25, -0.2) is 9.97 Å². The number of aromatic amines is 1. The van der Waals surface area contributed by atoms with Gasteiger partial charge in [0.15, 0.2) is 22.7 Å². The summed E-state index contributed by atoms with van der Waals surface area (Å²) in [5, 5.41) is 0. The lowest BCUT2D eigenvalue weighted by Gasteiger charge is -2.11. The first-order chi connectivity index (χ1) is 16.8. The zero-order chi connectivity index (χ0) is 24.9. The second kappa shape index (κ2) is 10.5. The van der Waals surface area contributed by atoms with Gasteiger partial charge in [0.1, 0.15) is 17.4 Å². The minimum absolute atomic E-state index is 0.0456. The zero-order valence-corrected chi connectivity index (χ0v) is 19.3. The first-order valence-corrected chi connectivity index (χ1v) is 11.0. The maximum atomic E-state index is 12.8. The van der Waals surface area contributed by atoms with Gasteiger partial charge in [-0.3, -0.25) is 9.59 Å². The predicted molar refractivity (Wildman–Crippen MR) is 125 cm³/mol. The van der Waals surface area contributed by atoms with Gasteiger partial charge >= 0.3 is 6.61 Å². The first-order valence-electron chi connectivity index (χ1n) is 11.0. The molecule has 2 aromatic carbocycles. The minimum Gasteiger partial charge on any atom is -0.493 e.